The number of carbonyl (C=O) groups is 1. The molecule has 1 amide bonds. The van der Waals surface area contributed by atoms with E-state index in [1.165, 1.54) is 0 Å². The summed E-state index contributed by atoms with van der Waals surface area (Å²) < 4.78 is 0.927. The average Bonchev–Trinajstić information content (AvgIpc) is 2.63. The number of carbonyl (C=O) groups excluding carboxylic acids is 1. The standard InChI is InChI=1S/C18H15BrN4O/c19-14-8-4-5-9-15(14)21-17-11-10-16(22-23-17)18(24)20-12-13-6-2-1-3-7-13/h1-11H,12H2,(H,20,24)(H,21,23). The van der Waals surface area contributed by atoms with E-state index in [1.807, 2.05) is 54.6 Å². The molecule has 24 heavy (non-hydrogen) atoms. The van der Waals surface area contributed by atoms with Crippen molar-refractivity contribution >= 4 is 33.3 Å². The maximum atomic E-state index is 12.1. The van der Waals surface area contributed by atoms with Crippen molar-refractivity contribution in [2.75, 3.05) is 5.32 Å². The minimum atomic E-state index is -0.251. The Kier molecular flexibility index (Phi) is 5.18. The van der Waals surface area contributed by atoms with E-state index in [9.17, 15) is 4.79 Å². The number of nitrogens with zero attached hydrogens (tertiary/aromatic N) is 2. The first-order chi connectivity index (χ1) is 11.7. The van der Waals surface area contributed by atoms with Gasteiger partial charge in [-0.1, -0.05) is 42.5 Å². The van der Waals surface area contributed by atoms with Gasteiger partial charge in [0.25, 0.3) is 5.91 Å². The molecule has 6 heteroatoms. The molecule has 2 N–H and O–H groups in total. The third-order valence-electron chi connectivity index (χ3n) is 3.33. The highest BCUT2D eigenvalue weighted by molar-refractivity contribution is 9.10. The normalized spacial score (nSPS) is 10.2. The molecule has 1 aromatic heterocycles. The molecule has 0 saturated carbocycles. The number of rotatable bonds is 5. The summed E-state index contributed by atoms with van der Waals surface area (Å²) in [6.45, 7) is 0.457. The molecule has 0 unspecified atom stereocenters. The number of halogens is 1. The van der Waals surface area contributed by atoms with Gasteiger partial charge in [0, 0.05) is 11.0 Å². The molecular weight excluding hydrogens is 368 g/mol. The molecule has 0 bridgehead atoms. The van der Waals surface area contributed by atoms with Crippen LogP contribution in [0.5, 0.6) is 0 Å². The third kappa shape index (κ3) is 4.17. The molecule has 0 aliphatic carbocycles. The van der Waals surface area contributed by atoms with Crippen LogP contribution in [0.15, 0.2) is 71.2 Å². The molecule has 0 radical (unpaired) electrons. The van der Waals surface area contributed by atoms with Crippen LogP contribution in [0, 0.1) is 0 Å². The Morgan fingerprint density at radius 1 is 0.917 bits per heavy atom. The van der Waals surface area contributed by atoms with Crippen LogP contribution in [0.2, 0.25) is 0 Å². The molecule has 0 atom stereocenters. The van der Waals surface area contributed by atoms with Crippen LogP contribution in [-0.4, -0.2) is 16.1 Å². The van der Waals surface area contributed by atoms with E-state index >= 15 is 0 Å². The lowest BCUT2D eigenvalue weighted by atomic mass is 10.2. The van der Waals surface area contributed by atoms with Gasteiger partial charge in [-0.2, -0.15) is 0 Å². The molecule has 0 spiro atoms. The number of aromatic nitrogens is 2. The minimum absolute atomic E-state index is 0.251. The van der Waals surface area contributed by atoms with Crippen molar-refractivity contribution in [3.8, 4) is 0 Å². The Hall–Kier alpha value is -2.73. The molecule has 120 valence electrons. The lowest BCUT2D eigenvalue weighted by molar-refractivity contribution is 0.0945. The first kappa shape index (κ1) is 16.1. The third-order valence-corrected chi connectivity index (χ3v) is 4.02. The van der Waals surface area contributed by atoms with Gasteiger partial charge in [0.2, 0.25) is 0 Å². The van der Waals surface area contributed by atoms with Gasteiger partial charge >= 0.3 is 0 Å². The van der Waals surface area contributed by atoms with Crippen LogP contribution in [0.3, 0.4) is 0 Å². The molecule has 0 fully saturated rings. The van der Waals surface area contributed by atoms with Gasteiger partial charge in [-0.25, -0.2) is 0 Å². The number of amides is 1. The number of anilines is 2. The molecule has 0 saturated heterocycles. The topological polar surface area (TPSA) is 66.9 Å². The van der Waals surface area contributed by atoms with Gasteiger partial charge in [0.05, 0.1) is 5.69 Å². The van der Waals surface area contributed by atoms with Crippen LogP contribution in [0.1, 0.15) is 16.1 Å². The largest absolute Gasteiger partial charge is 0.347 e. The number of nitrogens with one attached hydrogen (secondary N) is 2. The Morgan fingerprint density at radius 2 is 1.67 bits per heavy atom. The minimum Gasteiger partial charge on any atom is -0.347 e. The second-order valence-electron chi connectivity index (χ2n) is 5.08. The fourth-order valence-electron chi connectivity index (χ4n) is 2.09. The molecule has 3 aromatic rings. The van der Waals surface area contributed by atoms with Gasteiger partial charge in [0.15, 0.2) is 11.5 Å². The maximum Gasteiger partial charge on any atom is 0.272 e. The number of hydrogen-bond donors (Lipinski definition) is 2. The lowest BCUT2D eigenvalue weighted by Crippen LogP contribution is -2.24. The summed E-state index contributed by atoms with van der Waals surface area (Å²) in [4.78, 5) is 12.1. The summed E-state index contributed by atoms with van der Waals surface area (Å²) in [6.07, 6.45) is 0. The zero-order valence-corrected chi connectivity index (χ0v) is 14.3. The van der Waals surface area contributed by atoms with Gasteiger partial charge in [-0.15, -0.1) is 10.2 Å². The first-order valence-corrected chi connectivity index (χ1v) is 8.19. The van der Waals surface area contributed by atoms with Gasteiger partial charge in [-0.05, 0) is 45.8 Å². The van der Waals surface area contributed by atoms with Crippen LogP contribution in [-0.2, 0) is 6.54 Å². The summed E-state index contributed by atoms with van der Waals surface area (Å²) in [5.74, 6) is 0.320. The Bertz CT molecular complexity index is 822. The van der Waals surface area contributed by atoms with E-state index < -0.39 is 0 Å². The van der Waals surface area contributed by atoms with E-state index in [4.69, 9.17) is 0 Å². The van der Waals surface area contributed by atoms with Crippen molar-refractivity contribution in [3.63, 3.8) is 0 Å². The van der Waals surface area contributed by atoms with Crippen molar-refractivity contribution in [2.24, 2.45) is 0 Å². The quantitative estimate of drug-likeness (QED) is 0.701. The zero-order chi connectivity index (χ0) is 16.8. The smallest absolute Gasteiger partial charge is 0.272 e. The van der Waals surface area contributed by atoms with Crippen LogP contribution in [0.4, 0.5) is 11.5 Å². The second kappa shape index (κ2) is 7.70. The van der Waals surface area contributed by atoms with Gasteiger partial charge < -0.3 is 10.6 Å². The molecule has 3 rings (SSSR count). The fraction of sp³-hybridized carbons (Fsp3) is 0.0556. The maximum absolute atomic E-state index is 12.1. The highest BCUT2D eigenvalue weighted by Gasteiger charge is 2.08. The lowest BCUT2D eigenvalue weighted by Gasteiger charge is -2.08. The first-order valence-electron chi connectivity index (χ1n) is 7.40. The molecular formula is C18H15BrN4O. The van der Waals surface area contributed by atoms with Gasteiger partial charge in [-0.3, -0.25) is 4.79 Å². The van der Waals surface area contributed by atoms with Crippen molar-refractivity contribution in [2.45, 2.75) is 6.54 Å². The average molecular weight is 383 g/mol. The van der Waals surface area contributed by atoms with Crippen molar-refractivity contribution in [3.05, 3.63) is 82.5 Å². The number of hydrogen-bond acceptors (Lipinski definition) is 4. The molecule has 0 aliphatic heterocycles. The zero-order valence-electron chi connectivity index (χ0n) is 12.7. The number of benzene rings is 2. The van der Waals surface area contributed by atoms with E-state index in [2.05, 4.69) is 36.8 Å². The van der Waals surface area contributed by atoms with E-state index in [1.54, 1.807) is 12.1 Å². The van der Waals surface area contributed by atoms with Crippen molar-refractivity contribution < 1.29 is 4.79 Å². The molecule has 0 aliphatic rings. The summed E-state index contributed by atoms with van der Waals surface area (Å²) in [5.41, 5.74) is 2.20. The Morgan fingerprint density at radius 3 is 2.38 bits per heavy atom. The summed E-state index contributed by atoms with van der Waals surface area (Å²) in [6, 6.07) is 20.8. The van der Waals surface area contributed by atoms with E-state index in [-0.39, 0.29) is 11.6 Å². The monoisotopic (exact) mass is 382 g/mol. The second-order valence-corrected chi connectivity index (χ2v) is 5.93. The summed E-state index contributed by atoms with van der Waals surface area (Å²) >= 11 is 3.46. The summed E-state index contributed by atoms with van der Waals surface area (Å²) in [7, 11) is 0. The molecule has 2 aromatic carbocycles. The van der Waals surface area contributed by atoms with E-state index in [0.717, 1.165) is 15.7 Å². The van der Waals surface area contributed by atoms with Gasteiger partial charge in [0.1, 0.15) is 0 Å². The highest BCUT2D eigenvalue weighted by atomic mass is 79.9. The predicted octanol–water partition coefficient (Wildman–Crippen LogP) is 3.91. The highest BCUT2D eigenvalue weighted by Crippen LogP contribution is 2.24. The van der Waals surface area contributed by atoms with Crippen molar-refractivity contribution in [1.82, 2.24) is 15.5 Å². The van der Waals surface area contributed by atoms with Crippen LogP contribution < -0.4 is 10.6 Å². The number of para-hydroxylation sites is 1. The van der Waals surface area contributed by atoms with Crippen LogP contribution >= 0.6 is 15.9 Å². The predicted molar refractivity (Wildman–Crippen MR) is 97.1 cm³/mol. The molecule has 1 heterocycles. The van der Waals surface area contributed by atoms with E-state index in [0.29, 0.717) is 12.4 Å². The Labute approximate surface area is 148 Å². The van der Waals surface area contributed by atoms with Crippen molar-refractivity contribution in [1.29, 1.82) is 0 Å². The summed E-state index contributed by atoms with van der Waals surface area (Å²) in [5, 5.41) is 14.0. The fourth-order valence-corrected chi connectivity index (χ4v) is 2.47. The Balaban J connectivity index is 1.61. The molecule has 5 nitrogen and oxygen atoms in total. The SMILES string of the molecule is O=C(NCc1ccccc1)c1ccc(Nc2ccccc2Br)nn1. The van der Waals surface area contributed by atoms with Crippen LogP contribution in [0.25, 0.3) is 0 Å².